The molecule has 1 amide bonds. The second kappa shape index (κ2) is 7.92. The molecule has 0 aliphatic carbocycles. The quantitative estimate of drug-likeness (QED) is 0.739. The minimum atomic E-state index is -0.579. The summed E-state index contributed by atoms with van der Waals surface area (Å²) in [7, 11) is 1.58. The molecule has 0 aliphatic heterocycles. The molecule has 1 N–H and O–H groups in total. The number of hydrogen-bond acceptors (Lipinski definition) is 3. The van der Waals surface area contributed by atoms with Crippen LogP contribution >= 0.6 is 11.6 Å². The summed E-state index contributed by atoms with van der Waals surface area (Å²) in [5, 5.41) is 3.28. The van der Waals surface area contributed by atoms with E-state index in [4.69, 9.17) is 16.3 Å². The fraction of sp³-hybridized carbons (Fsp3) is 0.333. The summed E-state index contributed by atoms with van der Waals surface area (Å²) in [4.78, 5) is 25.6. The average Bonchev–Trinajstić information content (AvgIpc) is 2.60. The van der Waals surface area contributed by atoms with E-state index in [9.17, 15) is 9.59 Å². The molecule has 0 bridgehead atoms. The van der Waals surface area contributed by atoms with Gasteiger partial charge in [-0.1, -0.05) is 51.4 Å². The van der Waals surface area contributed by atoms with Gasteiger partial charge in [0.2, 0.25) is 5.91 Å². The summed E-state index contributed by atoms with van der Waals surface area (Å²) >= 11 is 6.12. The molecule has 0 unspecified atom stereocenters. The molecule has 2 aromatic carbocycles. The van der Waals surface area contributed by atoms with Crippen LogP contribution in [0.4, 0.5) is 5.69 Å². The van der Waals surface area contributed by atoms with Crippen molar-refractivity contribution in [2.75, 3.05) is 12.4 Å². The summed E-state index contributed by atoms with van der Waals surface area (Å²) in [6, 6.07) is 10.3. The van der Waals surface area contributed by atoms with E-state index in [2.05, 4.69) is 5.32 Å². The molecule has 0 saturated carbocycles. The Hall–Kier alpha value is -2.33. The standard InChI is InChI=1S/C21H24ClNO3/c1-6-14-15(8-7-9-18(14)26-5)19(24)16-12-13(22)10-11-17(16)23-20(25)21(2,3)4/h7-12H,6H2,1-5H3,(H,23,25). The SMILES string of the molecule is CCc1c(OC)cccc1C(=O)c1cc(Cl)ccc1NC(=O)C(C)(C)C. The predicted molar refractivity (Wildman–Crippen MR) is 105 cm³/mol. The minimum Gasteiger partial charge on any atom is -0.496 e. The highest BCUT2D eigenvalue weighted by Gasteiger charge is 2.24. The Morgan fingerprint density at radius 2 is 1.81 bits per heavy atom. The zero-order valence-corrected chi connectivity index (χ0v) is 16.5. The van der Waals surface area contributed by atoms with Crippen LogP contribution < -0.4 is 10.1 Å². The molecule has 4 nitrogen and oxygen atoms in total. The van der Waals surface area contributed by atoms with Gasteiger partial charge in [0, 0.05) is 27.1 Å². The summed E-state index contributed by atoms with van der Waals surface area (Å²) in [5.74, 6) is 0.295. The van der Waals surface area contributed by atoms with Gasteiger partial charge in [0.1, 0.15) is 5.75 Å². The first-order valence-corrected chi connectivity index (χ1v) is 8.88. The normalized spacial score (nSPS) is 11.2. The molecule has 2 rings (SSSR count). The van der Waals surface area contributed by atoms with Crippen LogP contribution in [0.3, 0.4) is 0 Å². The molecule has 0 aliphatic rings. The van der Waals surface area contributed by atoms with Gasteiger partial charge in [-0.2, -0.15) is 0 Å². The van der Waals surface area contributed by atoms with Crippen LogP contribution in [0.1, 0.15) is 49.2 Å². The third-order valence-corrected chi connectivity index (χ3v) is 4.34. The molecule has 0 saturated heterocycles. The fourth-order valence-electron chi connectivity index (χ4n) is 2.60. The van der Waals surface area contributed by atoms with E-state index in [0.717, 1.165) is 5.56 Å². The number of rotatable bonds is 5. The number of benzene rings is 2. The fourth-order valence-corrected chi connectivity index (χ4v) is 2.77. The molecule has 0 spiro atoms. The number of carbonyl (C=O) groups is 2. The molecule has 2 aromatic rings. The van der Waals surface area contributed by atoms with Crippen LogP contribution in [-0.2, 0) is 11.2 Å². The lowest BCUT2D eigenvalue weighted by molar-refractivity contribution is -0.123. The van der Waals surface area contributed by atoms with Gasteiger partial charge in [0.05, 0.1) is 12.8 Å². The lowest BCUT2D eigenvalue weighted by Crippen LogP contribution is -2.28. The van der Waals surface area contributed by atoms with Crippen molar-refractivity contribution in [3.05, 3.63) is 58.1 Å². The van der Waals surface area contributed by atoms with Crippen LogP contribution in [-0.4, -0.2) is 18.8 Å². The van der Waals surface area contributed by atoms with Crippen LogP contribution in [0, 0.1) is 5.41 Å². The number of carbonyl (C=O) groups excluding carboxylic acids is 2. The van der Waals surface area contributed by atoms with Gasteiger partial charge >= 0.3 is 0 Å². The van der Waals surface area contributed by atoms with Crippen molar-refractivity contribution < 1.29 is 14.3 Å². The zero-order chi connectivity index (χ0) is 19.5. The number of hydrogen-bond donors (Lipinski definition) is 1. The second-order valence-electron chi connectivity index (χ2n) is 7.06. The Kier molecular flexibility index (Phi) is 6.09. The molecule has 0 aromatic heterocycles. The molecule has 26 heavy (non-hydrogen) atoms. The molecule has 0 heterocycles. The van der Waals surface area contributed by atoms with E-state index in [-0.39, 0.29) is 11.7 Å². The van der Waals surface area contributed by atoms with Gasteiger partial charge in [0.25, 0.3) is 0 Å². The summed E-state index contributed by atoms with van der Waals surface area (Å²) in [5.41, 5.74) is 1.60. The highest BCUT2D eigenvalue weighted by molar-refractivity contribution is 6.31. The van der Waals surface area contributed by atoms with Crippen molar-refractivity contribution in [3.8, 4) is 5.75 Å². The monoisotopic (exact) mass is 373 g/mol. The first-order valence-electron chi connectivity index (χ1n) is 8.50. The molecular formula is C21H24ClNO3. The van der Waals surface area contributed by atoms with Gasteiger partial charge < -0.3 is 10.1 Å². The molecule has 0 atom stereocenters. The smallest absolute Gasteiger partial charge is 0.229 e. The van der Waals surface area contributed by atoms with Crippen molar-refractivity contribution in [1.82, 2.24) is 0 Å². The van der Waals surface area contributed by atoms with E-state index in [0.29, 0.717) is 34.0 Å². The second-order valence-corrected chi connectivity index (χ2v) is 7.50. The third-order valence-electron chi connectivity index (χ3n) is 4.11. The van der Waals surface area contributed by atoms with E-state index in [1.54, 1.807) is 37.4 Å². The number of anilines is 1. The van der Waals surface area contributed by atoms with Gasteiger partial charge in [-0.3, -0.25) is 9.59 Å². The first kappa shape index (κ1) is 20.0. The third kappa shape index (κ3) is 4.25. The van der Waals surface area contributed by atoms with Crippen molar-refractivity contribution in [3.63, 3.8) is 0 Å². The zero-order valence-electron chi connectivity index (χ0n) is 15.8. The number of halogens is 1. The highest BCUT2D eigenvalue weighted by Crippen LogP contribution is 2.29. The molecule has 5 heteroatoms. The van der Waals surface area contributed by atoms with E-state index >= 15 is 0 Å². The van der Waals surface area contributed by atoms with Gasteiger partial charge in [-0.05, 0) is 30.7 Å². The van der Waals surface area contributed by atoms with Crippen molar-refractivity contribution in [1.29, 1.82) is 0 Å². The maximum Gasteiger partial charge on any atom is 0.229 e. The Bertz CT molecular complexity index is 838. The lowest BCUT2D eigenvalue weighted by Gasteiger charge is -2.20. The lowest BCUT2D eigenvalue weighted by atomic mass is 9.93. The average molecular weight is 374 g/mol. The summed E-state index contributed by atoms with van der Waals surface area (Å²) in [6.45, 7) is 7.42. The summed E-state index contributed by atoms with van der Waals surface area (Å²) < 4.78 is 5.38. The van der Waals surface area contributed by atoms with Crippen LogP contribution in [0.5, 0.6) is 5.75 Å². The largest absolute Gasteiger partial charge is 0.496 e. The molecule has 0 fully saturated rings. The first-order chi connectivity index (χ1) is 12.2. The number of methoxy groups -OCH3 is 1. The van der Waals surface area contributed by atoms with Crippen LogP contribution in [0.15, 0.2) is 36.4 Å². The van der Waals surface area contributed by atoms with Gasteiger partial charge in [-0.15, -0.1) is 0 Å². The Balaban J connectivity index is 2.53. The van der Waals surface area contributed by atoms with Crippen LogP contribution in [0.25, 0.3) is 0 Å². The number of ketones is 1. The Morgan fingerprint density at radius 1 is 1.12 bits per heavy atom. The van der Waals surface area contributed by atoms with Crippen molar-refractivity contribution >= 4 is 29.0 Å². The number of amides is 1. The Morgan fingerprint density at radius 3 is 2.38 bits per heavy atom. The van der Waals surface area contributed by atoms with E-state index in [1.165, 1.54) is 0 Å². The topological polar surface area (TPSA) is 55.4 Å². The molecule has 0 radical (unpaired) electrons. The maximum atomic E-state index is 13.2. The minimum absolute atomic E-state index is 0.171. The van der Waals surface area contributed by atoms with E-state index in [1.807, 2.05) is 33.8 Å². The van der Waals surface area contributed by atoms with Crippen LogP contribution in [0.2, 0.25) is 5.02 Å². The van der Waals surface area contributed by atoms with Gasteiger partial charge in [0.15, 0.2) is 5.78 Å². The van der Waals surface area contributed by atoms with E-state index < -0.39 is 5.41 Å². The highest BCUT2D eigenvalue weighted by atomic mass is 35.5. The van der Waals surface area contributed by atoms with Crippen molar-refractivity contribution in [2.24, 2.45) is 5.41 Å². The Labute approximate surface area is 159 Å². The van der Waals surface area contributed by atoms with Gasteiger partial charge in [-0.25, -0.2) is 0 Å². The molecular weight excluding hydrogens is 350 g/mol. The summed E-state index contributed by atoms with van der Waals surface area (Å²) in [6.07, 6.45) is 0.648. The number of ether oxygens (including phenoxy) is 1. The molecule has 138 valence electrons. The van der Waals surface area contributed by atoms with Crippen molar-refractivity contribution in [2.45, 2.75) is 34.1 Å². The maximum absolute atomic E-state index is 13.2. The number of nitrogens with one attached hydrogen (secondary N) is 1. The predicted octanol–water partition coefficient (Wildman–Crippen LogP) is 5.13.